The summed E-state index contributed by atoms with van der Waals surface area (Å²) in [4.78, 5) is 25.9. The first-order valence-corrected chi connectivity index (χ1v) is 14.1. The standard InChI is InChI=1S/C31H27F3N6O2S/c1-19-6-5-7-20(2)27(19)40-22(4)17-43-30(40)37-29(41)35-16-21(3)23-8-10-24(11-9-23)28-36-18-39(38-28)25-12-14-26(15-13-25)42-31(32,33)34/h5-18,21H,1-4H3. The molecular weight excluding hydrogens is 577 g/mol. The number of amides is 2. The lowest BCUT2D eigenvalue weighted by molar-refractivity contribution is -0.274. The number of rotatable bonds is 6. The zero-order valence-electron chi connectivity index (χ0n) is 23.7. The highest BCUT2D eigenvalue weighted by Gasteiger charge is 2.31. The SMILES string of the molecule is Cc1cccc(C)c1-n1c(C)csc1=NC(=O)N=CC(C)c1ccc(-c2ncn(-c3ccc(OC(F)(F)F)cc3)n2)cc1. The van der Waals surface area contributed by atoms with Crippen molar-refractivity contribution in [2.24, 2.45) is 9.98 Å². The van der Waals surface area contributed by atoms with E-state index >= 15 is 0 Å². The Morgan fingerprint density at radius 2 is 1.67 bits per heavy atom. The van der Waals surface area contributed by atoms with Crippen LogP contribution in [0.3, 0.4) is 0 Å². The average Bonchev–Trinajstić information content (AvgIpc) is 3.59. The molecule has 12 heteroatoms. The molecule has 0 aliphatic carbocycles. The molecule has 0 N–H and O–H groups in total. The van der Waals surface area contributed by atoms with Crippen molar-refractivity contribution in [3.05, 3.63) is 106 Å². The van der Waals surface area contributed by atoms with Crippen molar-refractivity contribution in [2.45, 2.75) is 40.0 Å². The molecule has 3 aromatic carbocycles. The largest absolute Gasteiger partial charge is 0.573 e. The maximum Gasteiger partial charge on any atom is 0.573 e. The van der Waals surface area contributed by atoms with Crippen molar-refractivity contribution in [1.82, 2.24) is 19.3 Å². The highest BCUT2D eigenvalue weighted by molar-refractivity contribution is 7.07. The zero-order chi connectivity index (χ0) is 30.7. The summed E-state index contributed by atoms with van der Waals surface area (Å²) in [6.45, 7) is 7.97. The molecule has 0 bridgehead atoms. The van der Waals surface area contributed by atoms with Gasteiger partial charge in [-0.15, -0.1) is 29.6 Å². The summed E-state index contributed by atoms with van der Waals surface area (Å²) in [7, 11) is 0. The van der Waals surface area contributed by atoms with E-state index in [0.29, 0.717) is 16.3 Å². The van der Waals surface area contributed by atoms with Crippen LogP contribution in [0.1, 0.15) is 35.2 Å². The average molecular weight is 605 g/mol. The molecule has 0 aliphatic rings. The van der Waals surface area contributed by atoms with Crippen LogP contribution >= 0.6 is 11.3 Å². The Hall–Kier alpha value is -4.84. The third kappa shape index (κ3) is 6.97. The monoisotopic (exact) mass is 604 g/mol. The van der Waals surface area contributed by atoms with E-state index in [2.05, 4.69) is 24.8 Å². The Morgan fingerprint density at radius 3 is 2.33 bits per heavy atom. The van der Waals surface area contributed by atoms with Crippen LogP contribution < -0.4 is 9.54 Å². The molecule has 1 unspecified atom stereocenters. The van der Waals surface area contributed by atoms with Crippen molar-refractivity contribution in [1.29, 1.82) is 0 Å². The highest BCUT2D eigenvalue weighted by atomic mass is 32.1. The van der Waals surface area contributed by atoms with Crippen molar-refractivity contribution in [3.63, 3.8) is 0 Å². The van der Waals surface area contributed by atoms with Gasteiger partial charge in [0.2, 0.25) is 0 Å². The first kappa shape index (κ1) is 29.6. The number of carbonyl (C=O) groups is 1. The topological polar surface area (TPSA) is 86.7 Å². The highest BCUT2D eigenvalue weighted by Crippen LogP contribution is 2.25. The van der Waals surface area contributed by atoms with E-state index in [1.165, 1.54) is 46.6 Å². The van der Waals surface area contributed by atoms with E-state index in [9.17, 15) is 18.0 Å². The molecule has 5 aromatic rings. The molecule has 2 amide bonds. The lowest BCUT2D eigenvalue weighted by Crippen LogP contribution is -2.17. The van der Waals surface area contributed by atoms with Crippen LogP contribution in [0.15, 0.2) is 88.4 Å². The van der Waals surface area contributed by atoms with Crippen LogP contribution in [0.4, 0.5) is 18.0 Å². The van der Waals surface area contributed by atoms with Gasteiger partial charge in [-0.05, 0) is 61.7 Å². The summed E-state index contributed by atoms with van der Waals surface area (Å²) < 4.78 is 44.6. The second-order valence-electron chi connectivity index (χ2n) is 9.87. The van der Waals surface area contributed by atoms with Gasteiger partial charge in [0.15, 0.2) is 10.6 Å². The number of alkyl halides is 3. The first-order chi connectivity index (χ1) is 20.5. The predicted octanol–water partition coefficient (Wildman–Crippen LogP) is 7.51. The van der Waals surface area contributed by atoms with Gasteiger partial charge >= 0.3 is 12.4 Å². The Kier molecular flexibility index (Phi) is 8.40. The number of ether oxygens (including phenoxy) is 1. The van der Waals surface area contributed by atoms with Crippen molar-refractivity contribution in [3.8, 4) is 28.5 Å². The molecule has 8 nitrogen and oxygen atoms in total. The normalized spacial score (nSPS) is 13.0. The van der Waals surface area contributed by atoms with E-state index < -0.39 is 12.4 Å². The second-order valence-corrected chi connectivity index (χ2v) is 10.7. The summed E-state index contributed by atoms with van der Waals surface area (Å²) >= 11 is 1.39. The number of benzene rings is 3. The van der Waals surface area contributed by atoms with Gasteiger partial charge < -0.3 is 4.74 Å². The molecule has 5 rings (SSSR count). The Balaban J connectivity index is 1.27. The van der Waals surface area contributed by atoms with E-state index in [1.54, 1.807) is 6.21 Å². The van der Waals surface area contributed by atoms with Crippen molar-refractivity contribution in [2.75, 3.05) is 0 Å². The molecular formula is C31H27F3N6O2S. The van der Waals surface area contributed by atoms with Gasteiger partial charge in [0, 0.05) is 28.8 Å². The molecule has 0 aliphatic heterocycles. The maximum atomic E-state index is 12.7. The minimum Gasteiger partial charge on any atom is -0.406 e. The third-order valence-corrected chi connectivity index (χ3v) is 7.61. The summed E-state index contributed by atoms with van der Waals surface area (Å²) in [6.07, 6.45) is -1.70. The second kappa shape index (κ2) is 12.2. The van der Waals surface area contributed by atoms with Crippen LogP contribution in [-0.2, 0) is 0 Å². The fourth-order valence-electron chi connectivity index (χ4n) is 4.53. The number of thiazole rings is 1. The number of aromatic nitrogens is 4. The predicted molar refractivity (Wildman–Crippen MR) is 159 cm³/mol. The molecule has 2 aromatic heterocycles. The lowest BCUT2D eigenvalue weighted by atomic mass is 10.0. The van der Waals surface area contributed by atoms with Crippen molar-refractivity contribution < 1.29 is 22.7 Å². The Bertz CT molecular complexity index is 1830. The molecule has 220 valence electrons. The maximum absolute atomic E-state index is 12.7. The van der Waals surface area contributed by atoms with Gasteiger partial charge in [0.25, 0.3) is 0 Å². The number of para-hydroxylation sites is 1. The number of nitrogens with zero attached hydrogens (tertiary/aromatic N) is 6. The fourth-order valence-corrected chi connectivity index (χ4v) is 5.38. The van der Waals surface area contributed by atoms with Gasteiger partial charge in [0.05, 0.1) is 11.4 Å². The van der Waals surface area contributed by atoms with E-state index in [1.807, 2.05) is 80.1 Å². The van der Waals surface area contributed by atoms with Gasteiger partial charge in [-0.2, -0.15) is 4.99 Å². The molecule has 2 heterocycles. The minimum atomic E-state index is -4.75. The molecule has 0 fully saturated rings. The van der Waals surface area contributed by atoms with E-state index in [0.717, 1.165) is 33.6 Å². The molecule has 43 heavy (non-hydrogen) atoms. The number of hydrogen-bond donors (Lipinski definition) is 0. The fraction of sp³-hybridized carbons (Fsp3) is 0.194. The number of aryl methyl sites for hydroxylation is 3. The molecule has 0 saturated carbocycles. The number of halogens is 3. The van der Waals surface area contributed by atoms with Crippen LogP contribution in [0.25, 0.3) is 22.8 Å². The van der Waals surface area contributed by atoms with Gasteiger partial charge in [-0.3, -0.25) is 4.57 Å². The van der Waals surface area contributed by atoms with Crippen LogP contribution in [0.5, 0.6) is 5.75 Å². The molecule has 0 spiro atoms. The van der Waals surface area contributed by atoms with Crippen LogP contribution in [-0.4, -0.2) is 37.9 Å². The Labute approximate surface area is 249 Å². The molecule has 0 radical (unpaired) electrons. The van der Waals surface area contributed by atoms with Gasteiger partial charge in [-0.1, -0.05) is 49.4 Å². The number of aliphatic imine (C=N–C) groups is 1. The van der Waals surface area contributed by atoms with E-state index in [-0.39, 0.29) is 11.7 Å². The minimum absolute atomic E-state index is 0.160. The number of hydrogen-bond acceptors (Lipinski definition) is 5. The Morgan fingerprint density at radius 1 is 1.00 bits per heavy atom. The smallest absolute Gasteiger partial charge is 0.406 e. The first-order valence-electron chi connectivity index (χ1n) is 13.2. The molecule has 0 saturated heterocycles. The molecule has 1 atom stereocenters. The van der Waals surface area contributed by atoms with Crippen LogP contribution in [0.2, 0.25) is 0 Å². The van der Waals surface area contributed by atoms with Crippen molar-refractivity contribution >= 4 is 23.6 Å². The lowest BCUT2D eigenvalue weighted by Gasteiger charge is -2.12. The summed E-state index contributed by atoms with van der Waals surface area (Å²) in [6, 6.07) is 18.3. The number of carbonyl (C=O) groups excluding carboxylic acids is 1. The quantitative estimate of drug-likeness (QED) is 0.188. The number of urea groups is 1. The van der Waals surface area contributed by atoms with Gasteiger partial charge in [-0.25, -0.2) is 19.5 Å². The third-order valence-electron chi connectivity index (χ3n) is 6.66. The van der Waals surface area contributed by atoms with Gasteiger partial charge in [0.1, 0.15) is 12.1 Å². The summed E-state index contributed by atoms with van der Waals surface area (Å²) in [5.41, 5.74) is 6.38. The van der Waals surface area contributed by atoms with Crippen LogP contribution in [0, 0.1) is 20.8 Å². The van der Waals surface area contributed by atoms with E-state index in [4.69, 9.17) is 0 Å². The summed E-state index contributed by atoms with van der Waals surface area (Å²) in [5, 5.41) is 6.39. The summed E-state index contributed by atoms with van der Waals surface area (Å²) in [5.74, 6) is -0.0318. The zero-order valence-corrected chi connectivity index (χ0v) is 24.5.